The van der Waals surface area contributed by atoms with Crippen LogP contribution in [0.1, 0.15) is 73.6 Å². The Kier molecular flexibility index (Phi) is 8.66. The molecule has 1 saturated carbocycles. The molecule has 1 saturated heterocycles. The maximum Gasteiger partial charge on any atom is 0.307 e. The van der Waals surface area contributed by atoms with E-state index < -0.39 is 19.8 Å². The maximum absolute atomic E-state index is 12.3. The van der Waals surface area contributed by atoms with Gasteiger partial charge in [-0.15, -0.1) is 0 Å². The van der Waals surface area contributed by atoms with Crippen molar-refractivity contribution >= 4 is 14.0 Å². The van der Waals surface area contributed by atoms with Crippen molar-refractivity contribution in [1.29, 1.82) is 0 Å². The smallest absolute Gasteiger partial charge is 0.307 e. The largest absolute Gasteiger partial charge is 0.481 e. The van der Waals surface area contributed by atoms with Gasteiger partial charge in [-0.1, -0.05) is 65.5 Å². The zero-order valence-corrected chi connectivity index (χ0v) is 22.6. The van der Waals surface area contributed by atoms with E-state index >= 15 is 0 Å². The molecule has 0 radical (unpaired) electrons. The van der Waals surface area contributed by atoms with E-state index in [1.54, 1.807) is 0 Å². The molecule has 0 amide bonds. The summed E-state index contributed by atoms with van der Waals surface area (Å²) in [6, 6.07) is 0. The van der Waals surface area contributed by atoms with Crippen molar-refractivity contribution < 1.29 is 19.4 Å². The Bertz CT molecular complexity index is 636. The minimum absolute atomic E-state index is 0.0667. The maximum atomic E-state index is 12.3. The third-order valence-corrected chi connectivity index (χ3v) is 8.25. The highest BCUT2D eigenvalue weighted by atomic mass is 28.3. The van der Waals surface area contributed by atoms with Gasteiger partial charge in [-0.25, -0.2) is 0 Å². The van der Waals surface area contributed by atoms with Gasteiger partial charge >= 0.3 is 5.97 Å². The predicted octanol–water partition coefficient (Wildman–Crippen LogP) is 6.77. The van der Waals surface area contributed by atoms with Crippen LogP contribution in [-0.2, 0) is 14.3 Å². The Morgan fingerprint density at radius 1 is 1.16 bits per heavy atom. The molecule has 4 atom stereocenters. The van der Waals surface area contributed by atoms with Crippen LogP contribution in [0.4, 0.5) is 0 Å². The van der Waals surface area contributed by atoms with Crippen LogP contribution in [0, 0.1) is 35.0 Å². The number of ether oxygens (including phenoxy) is 2. The fraction of sp³-hybridized carbons (Fsp3) is 0.885. The highest BCUT2D eigenvalue weighted by Crippen LogP contribution is 2.47. The fourth-order valence-corrected chi connectivity index (χ4v) is 6.73. The third-order valence-electron chi connectivity index (χ3n) is 7.05. The molecule has 2 fully saturated rings. The van der Waals surface area contributed by atoms with Gasteiger partial charge < -0.3 is 14.6 Å². The number of hydrogen-bond donors (Lipinski definition) is 1. The first kappa shape index (κ1) is 26.6. The molecule has 0 bridgehead atoms. The average Bonchev–Trinajstić information content (AvgIpc) is 2.61. The van der Waals surface area contributed by atoms with Crippen LogP contribution in [0.3, 0.4) is 0 Å². The molecule has 31 heavy (non-hydrogen) atoms. The lowest BCUT2D eigenvalue weighted by Gasteiger charge is -2.45. The first-order valence-electron chi connectivity index (χ1n) is 12.4. The quantitative estimate of drug-likeness (QED) is 0.413. The highest BCUT2D eigenvalue weighted by Gasteiger charge is 2.42. The molecule has 1 N–H and O–H groups in total. The summed E-state index contributed by atoms with van der Waals surface area (Å²) in [4.78, 5) is 12.3. The van der Waals surface area contributed by atoms with Crippen molar-refractivity contribution in [1.82, 2.24) is 0 Å². The molecule has 4 nitrogen and oxygen atoms in total. The molecule has 0 aromatic rings. The normalized spacial score (nSPS) is 31.0. The summed E-state index contributed by atoms with van der Waals surface area (Å²) in [5.74, 6) is 0.0923. The molecule has 0 aromatic heterocycles. The van der Waals surface area contributed by atoms with E-state index in [1.807, 2.05) is 0 Å². The van der Waals surface area contributed by atoms with Crippen molar-refractivity contribution in [3.05, 3.63) is 11.3 Å². The molecule has 5 heteroatoms. The summed E-state index contributed by atoms with van der Waals surface area (Å²) in [6.07, 6.45) is 4.71. The molecule has 0 spiro atoms. The van der Waals surface area contributed by atoms with E-state index in [9.17, 15) is 9.90 Å². The summed E-state index contributed by atoms with van der Waals surface area (Å²) < 4.78 is 12.4. The number of carboxylic acids is 1. The van der Waals surface area contributed by atoms with Crippen LogP contribution in [-0.4, -0.2) is 38.2 Å². The van der Waals surface area contributed by atoms with Gasteiger partial charge in [0.25, 0.3) is 0 Å². The Morgan fingerprint density at radius 3 is 2.23 bits per heavy atom. The summed E-state index contributed by atoms with van der Waals surface area (Å²) >= 11 is 0. The summed E-state index contributed by atoms with van der Waals surface area (Å²) in [6.45, 7) is 21.6. The van der Waals surface area contributed by atoms with Gasteiger partial charge in [0.05, 0.1) is 27.2 Å². The Hall–Kier alpha value is -0.653. The topological polar surface area (TPSA) is 55.8 Å². The van der Waals surface area contributed by atoms with Crippen LogP contribution >= 0.6 is 0 Å². The Labute approximate surface area is 192 Å². The summed E-state index contributed by atoms with van der Waals surface area (Å²) in [5.41, 5.74) is 4.03. The second-order valence-corrected chi connectivity index (χ2v) is 17.8. The van der Waals surface area contributed by atoms with Crippen LogP contribution in [0.2, 0.25) is 19.6 Å². The minimum Gasteiger partial charge on any atom is -0.481 e. The van der Waals surface area contributed by atoms with Crippen LogP contribution in [0.15, 0.2) is 11.3 Å². The monoisotopic (exact) mass is 452 g/mol. The summed E-state index contributed by atoms with van der Waals surface area (Å²) in [5, 5.41) is 10.1. The number of carboxylic acid groups (broad SMARTS) is 1. The van der Waals surface area contributed by atoms with Gasteiger partial charge in [0.2, 0.25) is 0 Å². The average molecular weight is 453 g/mol. The molecule has 1 aliphatic heterocycles. The van der Waals surface area contributed by atoms with E-state index in [1.165, 1.54) is 5.57 Å². The lowest BCUT2D eigenvalue weighted by Crippen LogP contribution is -2.46. The second kappa shape index (κ2) is 10.1. The fourth-order valence-electron chi connectivity index (χ4n) is 5.30. The van der Waals surface area contributed by atoms with Crippen molar-refractivity contribution in [2.75, 3.05) is 13.2 Å². The number of aliphatic carboxylic acids is 1. The van der Waals surface area contributed by atoms with E-state index in [0.29, 0.717) is 17.8 Å². The van der Waals surface area contributed by atoms with E-state index in [4.69, 9.17) is 9.47 Å². The van der Waals surface area contributed by atoms with Crippen LogP contribution < -0.4 is 0 Å². The lowest BCUT2D eigenvalue weighted by molar-refractivity contribution is -0.293. The predicted molar refractivity (Wildman–Crippen MR) is 131 cm³/mol. The van der Waals surface area contributed by atoms with E-state index in [2.05, 4.69) is 66.9 Å². The molecule has 0 aromatic carbocycles. The van der Waals surface area contributed by atoms with Gasteiger partial charge in [0.15, 0.2) is 5.79 Å². The lowest BCUT2D eigenvalue weighted by atomic mass is 9.65. The van der Waals surface area contributed by atoms with Gasteiger partial charge in [0.1, 0.15) is 0 Å². The number of hydrogen-bond acceptors (Lipinski definition) is 3. The number of allylic oxidation sites excluding steroid dienone is 1. The van der Waals surface area contributed by atoms with Crippen LogP contribution in [0.5, 0.6) is 0 Å². The Balaban J connectivity index is 2.28. The van der Waals surface area contributed by atoms with Crippen molar-refractivity contribution in [3.63, 3.8) is 0 Å². The van der Waals surface area contributed by atoms with Crippen molar-refractivity contribution in [2.24, 2.45) is 35.0 Å². The molecule has 2 rings (SSSR count). The number of rotatable bonds is 8. The van der Waals surface area contributed by atoms with Crippen molar-refractivity contribution in [2.45, 2.75) is 99.1 Å². The van der Waals surface area contributed by atoms with Crippen molar-refractivity contribution in [3.8, 4) is 0 Å². The SMILES string of the molecule is CC(C)C[C@@H](C(=O)O)[C@@H]1CC[C@@H](C)[C@H](CCC2(C)OCC(C)(C)CO2)/C1=C\[Si](C)(C)C. The summed E-state index contributed by atoms with van der Waals surface area (Å²) in [7, 11) is -1.50. The van der Waals surface area contributed by atoms with E-state index in [0.717, 1.165) is 45.3 Å². The molecule has 1 heterocycles. The highest BCUT2D eigenvalue weighted by molar-refractivity contribution is 6.81. The molecule has 2 aliphatic rings. The number of carbonyl (C=O) groups is 1. The Morgan fingerprint density at radius 2 is 1.74 bits per heavy atom. The van der Waals surface area contributed by atoms with Gasteiger partial charge in [-0.05, 0) is 56.3 Å². The zero-order chi connectivity index (χ0) is 23.6. The first-order valence-corrected chi connectivity index (χ1v) is 15.9. The molecule has 0 unspecified atom stereocenters. The minimum atomic E-state index is -1.50. The second-order valence-electron chi connectivity index (χ2n) is 12.8. The van der Waals surface area contributed by atoms with Gasteiger partial charge in [0, 0.05) is 11.8 Å². The third kappa shape index (κ3) is 7.71. The first-order chi connectivity index (χ1) is 14.1. The zero-order valence-electron chi connectivity index (χ0n) is 21.6. The van der Waals surface area contributed by atoms with Crippen LogP contribution in [0.25, 0.3) is 0 Å². The molecule has 180 valence electrons. The van der Waals surface area contributed by atoms with Gasteiger partial charge in [-0.2, -0.15) is 0 Å². The van der Waals surface area contributed by atoms with E-state index in [-0.39, 0.29) is 17.3 Å². The standard InChI is InChI=1S/C26H48O4Si/c1-18(2)14-22(24(27)28)21-11-10-19(3)20(23(21)15-31(7,8)9)12-13-26(6)29-16-25(4,5)17-30-26/h15,18-22H,10-14,16-17H2,1-9H3,(H,27,28)/b23-15+/t19-,20+,21+,22-/m1/s1. The molecular formula is C26H48O4Si. The molecular weight excluding hydrogens is 404 g/mol. The molecule has 1 aliphatic carbocycles. The van der Waals surface area contributed by atoms with Gasteiger partial charge in [-0.3, -0.25) is 4.79 Å².